The van der Waals surface area contributed by atoms with Crippen molar-refractivity contribution in [2.45, 2.75) is 11.6 Å². The standard InChI is InChI=1S/C52H35N3O/c1-3-14-34(15-4-1)38-18-13-19-40(32-38)51-54-49(36-16-5-2-6-17-36)53-50(55-51)37-28-26-35(27-29-37)39-30-31-42-41-20-7-8-21-43(41)52(46(42)33-39)44-22-9-11-24-47(44)56-48-25-12-10-23-45(48)52/h1-33,49H,(H,53,54,55). The van der Waals surface area contributed by atoms with Gasteiger partial charge >= 0.3 is 0 Å². The normalized spacial score (nSPS) is 15.6. The first-order valence-electron chi connectivity index (χ1n) is 19.1. The summed E-state index contributed by atoms with van der Waals surface area (Å²) in [6.45, 7) is 0. The number of benzene rings is 8. The quantitative estimate of drug-likeness (QED) is 0.193. The number of fused-ring (bicyclic) bond motifs is 9. The molecule has 0 aromatic heterocycles. The number of amidine groups is 2. The van der Waals surface area contributed by atoms with Crippen molar-refractivity contribution in [3.63, 3.8) is 0 Å². The average molecular weight is 718 g/mol. The lowest BCUT2D eigenvalue weighted by atomic mass is 9.66. The Kier molecular flexibility index (Phi) is 7.42. The second kappa shape index (κ2) is 12.9. The van der Waals surface area contributed by atoms with Gasteiger partial charge in [0.2, 0.25) is 0 Å². The summed E-state index contributed by atoms with van der Waals surface area (Å²) in [5.41, 5.74) is 14.6. The Morgan fingerprint density at radius 3 is 1.61 bits per heavy atom. The summed E-state index contributed by atoms with van der Waals surface area (Å²) < 4.78 is 6.55. The van der Waals surface area contributed by atoms with Crippen LogP contribution in [0.4, 0.5) is 0 Å². The highest BCUT2D eigenvalue weighted by molar-refractivity contribution is 6.16. The molecule has 264 valence electrons. The molecule has 4 nitrogen and oxygen atoms in total. The largest absolute Gasteiger partial charge is 0.457 e. The van der Waals surface area contributed by atoms with Crippen LogP contribution < -0.4 is 10.1 Å². The smallest absolute Gasteiger partial charge is 0.169 e. The van der Waals surface area contributed by atoms with Gasteiger partial charge in [-0.2, -0.15) is 0 Å². The van der Waals surface area contributed by atoms with Crippen LogP contribution in [0.25, 0.3) is 33.4 Å². The highest BCUT2D eigenvalue weighted by Crippen LogP contribution is 2.62. The van der Waals surface area contributed by atoms with Gasteiger partial charge in [0.1, 0.15) is 23.2 Å². The third-order valence-corrected chi connectivity index (χ3v) is 11.4. The van der Waals surface area contributed by atoms with Crippen molar-refractivity contribution in [3.8, 4) is 44.9 Å². The van der Waals surface area contributed by atoms with Crippen molar-refractivity contribution >= 4 is 11.7 Å². The Labute approximate surface area is 326 Å². The van der Waals surface area contributed by atoms with Gasteiger partial charge in [0.05, 0.1) is 5.41 Å². The summed E-state index contributed by atoms with van der Waals surface area (Å²) in [7, 11) is 0. The number of hydrogen-bond donors (Lipinski definition) is 1. The topological polar surface area (TPSA) is 46.0 Å². The van der Waals surface area contributed by atoms with E-state index in [4.69, 9.17) is 14.7 Å². The predicted octanol–water partition coefficient (Wildman–Crippen LogP) is 12.0. The fourth-order valence-electron chi connectivity index (χ4n) is 8.85. The molecule has 0 fully saturated rings. The average Bonchev–Trinajstić information content (AvgIpc) is 3.57. The van der Waals surface area contributed by atoms with Gasteiger partial charge in [-0.15, -0.1) is 0 Å². The van der Waals surface area contributed by atoms with Gasteiger partial charge < -0.3 is 10.1 Å². The van der Waals surface area contributed by atoms with Crippen molar-refractivity contribution in [3.05, 3.63) is 239 Å². The molecule has 2 heterocycles. The maximum Gasteiger partial charge on any atom is 0.169 e. The van der Waals surface area contributed by atoms with Crippen molar-refractivity contribution < 1.29 is 4.74 Å². The van der Waals surface area contributed by atoms with E-state index in [-0.39, 0.29) is 6.17 Å². The van der Waals surface area contributed by atoms with Crippen LogP contribution in [-0.4, -0.2) is 11.7 Å². The zero-order valence-electron chi connectivity index (χ0n) is 30.4. The van der Waals surface area contributed by atoms with Crippen LogP contribution in [0.3, 0.4) is 0 Å². The molecular weight excluding hydrogens is 683 g/mol. The van der Waals surface area contributed by atoms with E-state index in [0.29, 0.717) is 0 Å². The summed E-state index contributed by atoms with van der Waals surface area (Å²) >= 11 is 0. The highest BCUT2D eigenvalue weighted by atomic mass is 16.5. The molecule has 3 aliphatic rings. The molecule has 8 aromatic carbocycles. The number of hydrogen-bond acceptors (Lipinski definition) is 4. The van der Waals surface area contributed by atoms with Gasteiger partial charge in [0.25, 0.3) is 0 Å². The molecule has 2 aliphatic heterocycles. The molecule has 0 bridgehead atoms. The minimum Gasteiger partial charge on any atom is -0.457 e. The molecule has 0 saturated heterocycles. The zero-order valence-corrected chi connectivity index (χ0v) is 30.4. The third-order valence-electron chi connectivity index (χ3n) is 11.4. The Hall–Kier alpha value is -7.30. The highest BCUT2D eigenvalue weighted by Gasteiger charge is 2.51. The maximum absolute atomic E-state index is 6.55. The Morgan fingerprint density at radius 1 is 0.375 bits per heavy atom. The molecule has 0 saturated carbocycles. The Bertz CT molecular complexity index is 2810. The molecule has 8 aromatic rings. The molecule has 1 aliphatic carbocycles. The van der Waals surface area contributed by atoms with E-state index in [2.05, 4.69) is 181 Å². The number of aliphatic imine (C=N–C) groups is 2. The first kappa shape index (κ1) is 32.2. The van der Waals surface area contributed by atoms with Crippen LogP contribution in [0.1, 0.15) is 45.1 Å². The summed E-state index contributed by atoms with van der Waals surface area (Å²) in [6.07, 6.45) is -0.373. The number of nitrogens with zero attached hydrogens (tertiary/aromatic N) is 2. The molecule has 0 radical (unpaired) electrons. The molecule has 4 heteroatoms. The van der Waals surface area contributed by atoms with E-state index >= 15 is 0 Å². The van der Waals surface area contributed by atoms with Gasteiger partial charge in [-0.25, -0.2) is 9.98 Å². The number of ether oxygens (including phenoxy) is 1. The van der Waals surface area contributed by atoms with Crippen LogP contribution in [0.2, 0.25) is 0 Å². The molecule has 1 spiro atoms. The molecular formula is C52H35N3O. The second-order valence-electron chi connectivity index (χ2n) is 14.5. The predicted molar refractivity (Wildman–Crippen MR) is 227 cm³/mol. The van der Waals surface area contributed by atoms with Crippen molar-refractivity contribution in [2.75, 3.05) is 0 Å². The number of para-hydroxylation sites is 2. The van der Waals surface area contributed by atoms with E-state index in [1.165, 1.54) is 38.9 Å². The summed E-state index contributed by atoms with van der Waals surface area (Å²) in [6, 6.07) is 70.9. The summed E-state index contributed by atoms with van der Waals surface area (Å²) in [4.78, 5) is 10.3. The second-order valence-corrected chi connectivity index (χ2v) is 14.5. The fraction of sp³-hybridized carbons (Fsp3) is 0.0385. The molecule has 0 amide bonds. The molecule has 11 rings (SSSR count). The van der Waals surface area contributed by atoms with Gasteiger partial charge in [0, 0.05) is 22.3 Å². The molecule has 56 heavy (non-hydrogen) atoms. The van der Waals surface area contributed by atoms with Crippen molar-refractivity contribution in [1.82, 2.24) is 5.32 Å². The summed E-state index contributed by atoms with van der Waals surface area (Å²) in [5.74, 6) is 3.38. The van der Waals surface area contributed by atoms with E-state index in [1.54, 1.807) is 0 Å². The van der Waals surface area contributed by atoms with Crippen LogP contribution in [0, 0.1) is 0 Å². The van der Waals surface area contributed by atoms with Crippen LogP contribution >= 0.6 is 0 Å². The number of nitrogens with one attached hydrogen (secondary N) is 1. The van der Waals surface area contributed by atoms with E-state index in [0.717, 1.165) is 56.6 Å². The lowest BCUT2D eigenvalue weighted by molar-refractivity contribution is 0.436. The Balaban J connectivity index is 0.989. The first-order valence-corrected chi connectivity index (χ1v) is 19.1. The summed E-state index contributed by atoms with van der Waals surface area (Å²) in [5, 5.41) is 3.61. The zero-order chi connectivity index (χ0) is 37.1. The van der Waals surface area contributed by atoms with Gasteiger partial charge in [-0.1, -0.05) is 176 Å². The van der Waals surface area contributed by atoms with E-state index in [1.807, 2.05) is 24.3 Å². The molecule has 1 unspecified atom stereocenters. The monoisotopic (exact) mass is 717 g/mol. The molecule has 1 atom stereocenters. The SMILES string of the molecule is c1ccc(-c2cccc(C3=NC(c4ccccc4)N=C(c4ccc(-c5ccc6c(c5)C5(c7ccccc7Oc7ccccc75)c5ccccc5-6)cc4)N3)c2)cc1. The first-order chi connectivity index (χ1) is 27.7. The van der Waals surface area contributed by atoms with Gasteiger partial charge in [-0.3, -0.25) is 0 Å². The Morgan fingerprint density at radius 2 is 0.875 bits per heavy atom. The minimum absolute atomic E-state index is 0.373. The van der Waals surface area contributed by atoms with Crippen molar-refractivity contribution in [1.29, 1.82) is 0 Å². The lowest BCUT2D eigenvalue weighted by Crippen LogP contribution is -2.36. The van der Waals surface area contributed by atoms with Gasteiger partial charge in [-0.05, 0) is 74.3 Å². The fourth-order valence-corrected chi connectivity index (χ4v) is 8.85. The minimum atomic E-state index is -0.506. The van der Waals surface area contributed by atoms with Crippen LogP contribution in [-0.2, 0) is 5.41 Å². The van der Waals surface area contributed by atoms with Gasteiger partial charge in [0.15, 0.2) is 6.17 Å². The number of rotatable bonds is 5. The molecule has 1 N–H and O–H groups in total. The van der Waals surface area contributed by atoms with Crippen LogP contribution in [0.5, 0.6) is 11.5 Å². The lowest BCUT2D eigenvalue weighted by Gasteiger charge is -2.39. The van der Waals surface area contributed by atoms with Crippen molar-refractivity contribution in [2.24, 2.45) is 9.98 Å². The third kappa shape index (κ3) is 5.07. The van der Waals surface area contributed by atoms with E-state index in [9.17, 15) is 0 Å². The van der Waals surface area contributed by atoms with Crippen LogP contribution in [0.15, 0.2) is 210 Å². The van der Waals surface area contributed by atoms with E-state index < -0.39 is 5.41 Å². The maximum atomic E-state index is 6.55.